The molecule has 1 rings (SSSR count). The molecule has 2 unspecified atom stereocenters. The van der Waals surface area contributed by atoms with E-state index in [4.69, 9.17) is 5.73 Å². The Kier molecular flexibility index (Phi) is 7.58. The second-order valence-electron chi connectivity index (χ2n) is 5.19. The van der Waals surface area contributed by atoms with Crippen LogP contribution in [0, 0.1) is 0 Å². The highest BCUT2D eigenvalue weighted by molar-refractivity contribution is 7.99. The van der Waals surface area contributed by atoms with Crippen molar-refractivity contribution in [1.82, 2.24) is 0 Å². The van der Waals surface area contributed by atoms with Crippen molar-refractivity contribution in [2.75, 3.05) is 11.5 Å². The second kappa shape index (κ2) is 8.92. The van der Waals surface area contributed by atoms with Gasteiger partial charge < -0.3 is 15.9 Å². The molecule has 0 aromatic heterocycles. The molecule has 0 bridgehead atoms. The zero-order valence-corrected chi connectivity index (χ0v) is 13.5. The highest BCUT2D eigenvalue weighted by atomic mass is 32.2. The maximum atomic E-state index is 12.2. The molecule has 4 N–H and O–H groups in total. The quantitative estimate of drug-likeness (QED) is 0.449. The Hall–Kier alpha value is -1.37. The maximum absolute atomic E-state index is 12.2. The van der Waals surface area contributed by atoms with Crippen molar-refractivity contribution < 1.29 is 19.8 Å². The zero-order valence-electron chi connectivity index (χ0n) is 12.7. The van der Waals surface area contributed by atoms with Crippen LogP contribution < -0.4 is 5.73 Å². The van der Waals surface area contributed by atoms with Gasteiger partial charge in [0.25, 0.3) is 0 Å². The summed E-state index contributed by atoms with van der Waals surface area (Å²) in [6.45, 7) is 2.08. The fraction of sp³-hybridized carbons (Fsp3) is 0.500. The molecule has 0 aliphatic rings. The molecule has 0 aliphatic heterocycles. The molecule has 0 radical (unpaired) electrons. The highest BCUT2D eigenvalue weighted by Crippen LogP contribution is 2.21. The number of Topliss-reactive ketones (excluding diaryl/α,β-unsaturated/α-hetero) is 1. The Bertz CT molecular complexity index is 494. The van der Waals surface area contributed by atoms with E-state index in [1.165, 1.54) is 12.1 Å². The van der Waals surface area contributed by atoms with Gasteiger partial charge in [0.1, 0.15) is 11.6 Å². The van der Waals surface area contributed by atoms with Gasteiger partial charge in [-0.2, -0.15) is 11.8 Å². The van der Waals surface area contributed by atoms with Crippen molar-refractivity contribution in [3.8, 4) is 0 Å². The van der Waals surface area contributed by atoms with Crippen LogP contribution in [0.5, 0.6) is 0 Å². The van der Waals surface area contributed by atoms with Crippen molar-refractivity contribution in [3.05, 3.63) is 35.9 Å². The third-order valence-corrected chi connectivity index (χ3v) is 4.57. The number of carbonyl (C=O) groups is 2. The normalized spacial score (nSPS) is 15.0. The number of carboxylic acids is 1. The van der Waals surface area contributed by atoms with Crippen molar-refractivity contribution in [1.29, 1.82) is 0 Å². The fourth-order valence-corrected chi connectivity index (χ4v) is 3.12. The molecule has 0 spiro atoms. The van der Waals surface area contributed by atoms with E-state index in [2.05, 4.69) is 6.92 Å². The van der Waals surface area contributed by atoms with Gasteiger partial charge in [0, 0.05) is 5.56 Å². The Balaban J connectivity index is 2.75. The Labute approximate surface area is 134 Å². The summed E-state index contributed by atoms with van der Waals surface area (Å²) >= 11 is 1.58. The average molecular weight is 325 g/mol. The van der Waals surface area contributed by atoms with Gasteiger partial charge in [-0.05, 0) is 24.3 Å². The van der Waals surface area contributed by atoms with Gasteiger partial charge in [-0.25, -0.2) is 0 Å². The van der Waals surface area contributed by atoms with E-state index < -0.39 is 23.4 Å². The summed E-state index contributed by atoms with van der Waals surface area (Å²) in [7, 11) is 0. The van der Waals surface area contributed by atoms with Crippen LogP contribution in [0.15, 0.2) is 30.3 Å². The van der Waals surface area contributed by atoms with E-state index in [-0.39, 0.29) is 12.0 Å². The molecule has 1 aromatic rings. The molecular weight excluding hydrogens is 302 g/mol. The summed E-state index contributed by atoms with van der Waals surface area (Å²) < 4.78 is 0. The van der Waals surface area contributed by atoms with Crippen LogP contribution in [0.1, 0.15) is 36.5 Å². The lowest BCUT2D eigenvalue weighted by molar-refractivity contribution is -0.146. The van der Waals surface area contributed by atoms with E-state index in [0.29, 0.717) is 5.75 Å². The third-order valence-electron chi connectivity index (χ3n) is 3.50. The monoisotopic (exact) mass is 325 g/mol. The Morgan fingerprint density at radius 3 is 2.45 bits per heavy atom. The molecule has 122 valence electrons. The molecule has 1 aromatic carbocycles. The number of hydrogen-bond acceptors (Lipinski definition) is 5. The van der Waals surface area contributed by atoms with Crippen molar-refractivity contribution in [3.63, 3.8) is 0 Å². The van der Waals surface area contributed by atoms with Crippen molar-refractivity contribution in [2.24, 2.45) is 5.73 Å². The first-order valence-electron chi connectivity index (χ1n) is 7.30. The van der Waals surface area contributed by atoms with Crippen LogP contribution in [0.3, 0.4) is 0 Å². The maximum Gasteiger partial charge on any atom is 0.326 e. The molecule has 2 atom stereocenters. The van der Waals surface area contributed by atoms with E-state index in [1.54, 1.807) is 30.0 Å². The van der Waals surface area contributed by atoms with Crippen LogP contribution in [0.25, 0.3) is 0 Å². The lowest BCUT2D eigenvalue weighted by atomic mass is 9.86. The zero-order chi connectivity index (χ0) is 16.6. The number of carboxylic acid groups (broad SMARTS) is 1. The summed E-state index contributed by atoms with van der Waals surface area (Å²) in [5.74, 6) is -0.624. The van der Waals surface area contributed by atoms with Crippen molar-refractivity contribution in [2.45, 2.75) is 37.8 Å². The van der Waals surface area contributed by atoms with E-state index in [0.717, 1.165) is 18.6 Å². The first kappa shape index (κ1) is 18.7. The van der Waals surface area contributed by atoms with E-state index in [1.807, 2.05) is 0 Å². The Morgan fingerprint density at radius 1 is 1.27 bits per heavy atom. The minimum absolute atomic E-state index is 0.0381. The van der Waals surface area contributed by atoms with Gasteiger partial charge in [-0.3, -0.25) is 9.59 Å². The molecular formula is C16H23NO4S. The molecule has 0 amide bonds. The molecule has 5 nitrogen and oxygen atoms in total. The van der Waals surface area contributed by atoms with Gasteiger partial charge in [0.15, 0.2) is 5.78 Å². The number of hydrogen-bond donors (Lipinski definition) is 3. The number of aliphatic carboxylic acids is 1. The summed E-state index contributed by atoms with van der Waals surface area (Å²) in [5, 5.41) is 19.6. The predicted octanol–water partition coefficient (Wildman–Crippen LogP) is 1.94. The summed E-state index contributed by atoms with van der Waals surface area (Å²) in [6, 6.07) is 8.10. The molecule has 0 aliphatic carbocycles. The standard InChI is InChI=1S/C16H23NO4S/c1-2-3-10-22-11-9-16(17,15(20)21)14(19)13(18)12-7-5-4-6-8-12/h4-8,14,19H,2-3,9-11,17H2,1H3,(H,20,21). The summed E-state index contributed by atoms with van der Waals surface area (Å²) in [6.07, 6.45) is 0.380. The van der Waals surface area contributed by atoms with Crippen LogP contribution in [0.2, 0.25) is 0 Å². The average Bonchev–Trinajstić information content (AvgIpc) is 2.53. The minimum Gasteiger partial charge on any atom is -0.480 e. The fourth-order valence-electron chi connectivity index (χ4n) is 1.94. The molecule has 0 saturated carbocycles. The topological polar surface area (TPSA) is 101 Å². The lowest BCUT2D eigenvalue weighted by Crippen LogP contribution is -2.60. The van der Waals surface area contributed by atoms with Crippen LogP contribution >= 0.6 is 11.8 Å². The molecule has 6 heteroatoms. The molecule has 0 fully saturated rings. The summed E-state index contributed by atoms with van der Waals surface area (Å²) in [5.41, 5.74) is 4.14. The number of aliphatic hydroxyl groups is 1. The molecule has 0 heterocycles. The Morgan fingerprint density at radius 2 is 1.91 bits per heavy atom. The third kappa shape index (κ3) is 4.83. The van der Waals surface area contributed by atoms with Crippen LogP contribution in [-0.2, 0) is 4.79 Å². The number of benzene rings is 1. The van der Waals surface area contributed by atoms with Crippen molar-refractivity contribution >= 4 is 23.5 Å². The first-order valence-corrected chi connectivity index (χ1v) is 8.46. The first-order chi connectivity index (χ1) is 10.4. The number of nitrogens with two attached hydrogens (primary N) is 1. The van der Waals surface area contributed by atoms with Gasteiger partial charge in [-0.15, -0.1) is 0 Å². The second-order valence-corrected chi connectivity index (χ2v) is 6.42. The van der Waals surface area contributed by atoms with Gasteiger partial charge >= 0.3 is 5.97 Å². The van der Waals surface area contributed by atoms with Gasteiger partial charge in [0.05, 0.1) is 0 Å². The van der Waals surface area contributed by atoms with E-state index in [9.17, 15) is 19.8 Å². The number of ketones is 1. The lowest BCUT2D eigenvalue weighted by Gasteiger charge is -2.29. The number of carbonyl (C=O) groups excluding carboxylic acids is 1. The largest absolute Gasteiger partial charge is 0.480 e. The molecule has 22 heavy (non-hydrogen) atoms. The number of rotatable bonds is 10. The number of thioether (sulfide) groups is 1. The van der Waals surface area contributed by atoms with Gasteiger partial charge in [0.2, 0.25) is 0 Å². The van der Waals surface area contributed by atoms with Crippen LogP contribution in [0.4, 0.5) is 0 Å². The smallest absolute Gasteiger partial charge is 0.326 e. The predicted molar refractivity (Wildman–Crippen MR) is 88.2 cm³/mol. The summed E-state index contributed by atoms with van der Waals surface area (Å²) in [4.78, 5) is 23.7. The molecule has 0 saturated heterocycles. The SMILES string of the molecule is CCCCSCCC(N)(C(=O)O)C(O)C(=O)c1ccccc1. The number of unbranched alkanes of at least 4 members (excludes halogenated alkanes) is 1. The minimum atomic E-state index is -1.97. The highest BCUT2D eigenvalue weighted by Gasteiger charge is 2.45. The number of aliphatic hydroxyl groups excluding tert-OH is 1. The van der Waals surface area contributed by atoms with E-state index >= 15 is 0 Å². The van der Waals surface area contributed by atoms with Crippen LogP contribution in [-0.4, -0.2) is 45.1 Å². The van der Waals surface area contributed by atoms with Gasteiger partial charge in [-0.1, -0.05) is 43.7 Å².